The molecule has 2 N–H and O–H groups in total. The monoisotopic (exact) mass is 848 g/mol. The quantitative estimate of drug-likeness (QED) is 0.227. The van der Waals surface area contributed by atoms with Crippen molar-refractivity contribution in [3.05, 3.63) is 152 Å². The van der Waals surface area contributed by atoms with Crippen LogP contribution in [0.5, 0.6) is 0 Å². The average Bonchev–Trinajstić information content (AvgIpc) is 3.90. The first-order chi connectivity index (χ1) is 29.7. The smallest absolute Gasteiger partial charge is 0.291 e. The van der Waals surface area contributed by atoms with E-state index in [9.17, 15) is 37.5 Å². The van der Waals surface area contributed by atoms with E-state index >= 15 is 0 Å². The van der Waals surface area contributed by atoms with Crippen LogP contribution in [-0.2, 0) is 49.6 Å². The Labute approximate surface area is 352 Å². The fourth-order valence-corrected chi connectivity index (χ4v) is 7.31. The number of nitrogens with zero attached hydrogens (tertiary/aromatic N) is 10. The molecule has 2 atom stereocenters. The molecule has 0 bridgehead atoms. The molecular formula is C42H42F2N12O6. The predicted molar refractivity (Wildman–Crippen MR) is 220 cm³/mol. The molecule has 0 aliphatic carbocycles. The van der Waals surface area contributed by atoms with Gasteiger partial charge >= 0.3 is 0 Å². The molecule has 2 aliphatic heterocycles. The molecule has 0 radical (unpaired) electrons. The van der Waals surface area contributed by atoms with Crippen molar-refractivity contribution in [3.63, 3.8) is 0 Å². The molecule has 8 rings (SSSR count). The molecule has 0 saturated carbocycles. The number of amides is 4. The van der Waals surface area contributed by atoms with Crippen molar-refractivity contribution in [2.75, 3.05) is 23.9 Å². The first-order valence-electron chi connectivity index (χ1n) is 19.5. The van der Waals surface area contributed by atoms with E-state index in [0.29, 0.717) is 48.2 Å². The third-order valence-electron chi connectivity index (χ3n) is 10.8. The summed E-state index contributed by atoms with van der Waals surface area (Å²) < 4.78 is 33.4. The zero-order valence-electron chi connectivity index (χ0n) is 34.2. The number of fused-ring (bicyclic) bond motifs is 2. The van der Waals surface area contributed by atoms with Gasteiger partial charge in [0.1, 0.15) is 36.4 Å². The molecule has 0 spiro atoms. The van der Waals surface area contributed by atoms with Gasteiger partial charge in [-0.25, -0.2) is 28.1 Å². The number of rotatable bonds is 8. The van der Waals surface area contributed by atoms with Gasteiger partial charge in [-0.2, -0.15) is 0 Å². The molecule has 6 aromatic rings. The maximum absolute atomic E-state index is 13.8. The highest BCUT2D eigenvalue weighted by molar-refractivity contribution is 6.02. The second-order valence-electron chi connectivity index (χ2n) is 14.8. The van der Waals surface area contributed by atoms with Crippen LogP contribution in [0.1, 0.15) is 56.6 Å². The lowest BCUT2D eigenvalue weighted by Crippen LogP contribution is -2.47. The summed E-state index contributed by atoms with van der Waals surface area (Å²) in [4.78, 5) is 85.8. The number of halogens is 2. The summed E-state index contributed by atoms with van der Waals surface area (Å²) in [7, 11) is 6.53. The van der Waals surface area contributed by atoms with Crippen molar-refractivity contribution in [1.29, 1.82) is 0 Å². The zero-order chi connectivity index (χ0) is 44.2. The highest BCUT2D eigenvalue weighted by Crippen LogP contribution is 2.26. The van der Waals surface area contributed by atoms with Crippen LogP contribution < -0.4 is 31.6 Å². The summed E-state index contributed by atoms with van der Waals surface area (Å²) in [5.74, 6) is -2.75. The van der Waals surface area contributed by atoms with Crippen molar-refractivity contribution in [2.45, 2.75) is 50.9 Å². The summed E-state index contributed by atoms with van der Waals surface area (Å²) in [6, 6.07) is 17.0. The van der Waals surface area contributed by atoms with Crippen molar-refractivity contribution in [1.82, 2.24) is 49.3 Å². The van der Waals surface area contributed by atoms with Gasteiger partial charge in [0, 0.05) is 62.8 Å². The number of benzene rings is 2. The van der Waals surface area contributed by atoms with Crippen LogP contribution in [0.15, 0.2) is 95.0 Å². The number of hydrogen-bond acceptors (Lipinski definition) is 10. The summed E-state index contributed by atoms with van der Waals surface area (Å²) in [5.41, 5.74) is 3.25. The number of anilines is 2. The largest absolute Gasteiger partial charge is 0.337 e. The Bertz CT molecular complexity index is 2620. The lowest BCUT2D eigenvalue weighted by molar-refractivity contribution is -0.120. The number of aromatic nitrogens is 8. The number of likely N-dealkylation sites (N-methyl/N-ethyl adjacent to an activating group) is 2. The standard InChI is InChI=1S/2C21H21FN6O3/c2*1-26-16-8-7-15(21(31)27(2)17(16)9-10-18(26)29)24-20(30)19-23-12-28(25-19)11-13-5-3-4-6-14(13)22/h2*3-6,9-10,12,15H,7-8,11H2,1-2H3,(H,24,30)/t2*15-/m10/s1. The van der Waals surface area contributed by atoms with Gasteiger partial charge in [0.15, 0.2) is 0 Å². The lowest BCUT2D eigenvalue weighted by Gasteiger charge is -2.22. The Kier molecular flexibility index (Phi) is 12.3. The van der Waals surface area contributed by atoms with Crippen LogP contribution in [0.25, 0.3) is 0 Å². The highest BCUT2D eigenvalue weighted by atomic mass is 19.1. The van der Waals surface area contributed by atoms with Crippen molar-refractivity contribution in [3.8, 4) is 0 Å². The molecule has 0 saturated heterocycles. The van der Waals surface area contributed by atoms with E-state index in [1.807, 2.05) is 0 Å². The second kappa shape index (κ2) is 17.9. The van der Waals surface area contributed by atoms with Gasteiger partial charge in [0.05, 0.1) is 24.5 Å². The lowest BCUT2D eigenvalue weighted by atomic mass is 10.1. The number of hydrogen-bond donors (Lipinski definition) is 2. The number of pyridine rings is 2. The van der Waals surface area contributed by atoms with Crippen molar-refractivity contribution < 1.29 is 28.0 Å². The molecule has 0 fully saturated rings. The SMILES string of the molecule is CN1C(=O)[C@@H](NC(=O)c2ncn(Cc3ccccc3F)n2)CCc2c1ccc(=O)n2C.CN1C(=O)[C@H](NC(=O)c2ncn(Cc3ccccc3F)n2)CCc2c1ccc(=O)n2C. The maximum atomic E-state index is 13.8. The Balaban J connectivity index is 0.000000186. The van der Waals surface area contributed by atoms with E-state index in [0.717, 1.165) is 11.4 Å². The van der Waals surface area contributed by atoms with Crippen LogP contribution >= 0.6 is 0 Å². The zero-order valence-corrected chi connectivity index (χ0v) is 34.2. The second-order valence-corrected chi connectivity index (χ2v) is 14.8. The minimum atomic E-state index is -0.793. The molecule has 18 nitrogen and oxygen atoms in total. The molecule has 0 unspecified atom stereocenters. The highest BCUT2D eigenvalue weighted by Gasteiger charge is 2.33. The van der Waals surface area contributed by atoms with E-state index in [1.54, 1.807) is 76.7 Å². The van der Waals surface area contributed by atoms with Gasteiger partial charge in [-0.05, 0) is 49.9 Å². The van der Waals surface area contributed by atoms with E-state index in [2.05, 4.69) is 30.8 Å². The van der Waals surface area contributed by atoms with E-state index in [4.69, 9.17) is 0 Å². The first-order valence-corrected chi connectivity index (χ1v) is 19.5. The van der Waals surface area contributed by atoms with Crippen LogP contribution in [0.3, 0.4) is 0 Å². The number of carbonyl (C=O) groups is 4. The van der Waals surface area contributed by atoms with Gasteiger partial charge in [-0.3, -0.25) is 28.8 Å². The molecule has 62 heavy (non-hydrogen) atoms. The first kappa shape index (κ1) is 42.5. The number of nitrogens with one attached hydrogen (secondary N) is 2. The Morgan fingerprint density at radius 1 is 0.597 bits per heavy atom. The maximum Gasteiger partial charge on any atom is 0.291 e. The van der Waals surface area contributed by atoms with Gasteiger partial charge in [-0.15, -0.1) is 10.2 Å². The summed E-state index contributed by atoms with van der Waals surface area (Å²) in [6.07, 6.45) is 4.22. The van der Waals surface area contributed by atoms with Gasteiger partial charge in [0.2, 0.25) is 23.5 Å². The fourth-order valence-electron chi connectivity index (χ4n) is 7.31. The molecule has 2 aliphatic rings. The van der Waals surface area contributed by atoms with Crippen LogP contribution in [0, 0.1) is 11.6 Å². The molecule has 4 amide bonds. The Morgan fingerprint density at radius 3 is 1.37 bits per heavy atom. The molecule has 2 aromatic carbocycles. The van der Waals surface area contributed by atoms with Gasteiger partial charge in [0.25, 0.3) is 22.9 Å². The normalized spacial score (nSPS) is 16.0. The van der Waals surface area contributed by atoms with Gasteiger partial charge in [-0.1, -0.05) is 36.4 Å². The predicted octanol–water partition coefficient (Wildman–Crippen LogP) is 1.74. The average molecular weight is 849 g/mol. The molecule has 6 heterocycles. The fraction of sp³-hybridized carbons (Fsp3) is 0.286. The molecular weight excluding hydrogens is 807 g/mol. The molecule has 4 aromatic heterocycles. The molecule has 20 heteroatoms. The third kappa shape index (κ3) is 8.93. The Hall–Kier alpha value is -7.64. The van der Waals surface area contributed by atoms with E-state index < -0.39 is 23.9 Å². The van der Waals surface area contributed by atoms with Gasteiger partial charge < -0.3 is 29.6 Å². The van der Waals surface area contributed by atoms with E-state index in [1.165, 1.54) is 65.2 Å². The summed E-state index contributed by atoms with van der Waals surface area (Å²) >= 11 is 0. The van der Waals surface area contributed by atoms with Crippen LogP contribution in [0.2, 0.25) is 0 Å². The summed E-state index contributed by atoms with van der Waals surface area (Å²) in [6.45, 7) is 0.253. The van der Waals surface area contributed by atoms with Crippen LogP contribution in [-0.4, -0.2) is 88.5 Å². The Morgan fingerprint density at radius 2 is 0.984 bits per heavy atom. The summed E-state index contributed by atoms with van der Waals surface area (Å²) in [5, 5.41) is 13.6. The number of carbonyl (C=O) groups excluding carboxylic acids is 4. The van der Waals surface area contributed by atoms with Crippen molar-refractivity contribution in [2.24, 2.45) is 14.1 Å². The topological polar surface area (TPSA) is 204 Å². The third-order valence-corrected chi connectivity index (χ3v) is 10.8. The van der Waals surface area contributed by atoms with E-state index in [-0.39, 0.29) is 59.3 Å². The minimum absolute atomic E-state index is 0.110. The minimum Gasteiger partial charge on any atom is -0.337 e. The van der Waals surface area contributed by atoms with Crippen molar-refractivity contribution >= 4 is 35.0 Å². The molecule has 320 valence electrons. The van der Waals surface area contributed by atoms with Crippen LogP contribution in [0.4, 0.5) is 20.2 Å².